The van der Waals surface area contributed by atoms with Crippen LogP contribution in [-0.2, 0) is 4.74 Å². The third kappa shape index (κ3) is 4.40. The van der Waals surface area contributed by atoms with Crippen LogP contribution in [-0.4, -0.2) is 50.3 Å². The van der Waals surface area contributed by atoms with Gasteiger partial charge in [0.15, 0.2) is 0 Å². The molecule has 1 rings (SSSR count). The summed E-state index contributed by atoms with van der Waals surface area (Å²) in [6.45, 7) is 8.75. The summed E-state index contributed by atoms with van der Waals surface area (Å²) < 4.78 is 5.69. The molecule has 0 aliphatic carbocycles. The summed E-state index contributed by atoms with van der Waals surface area (Å²) in [4.78, 5) is 2.63. The third-order valence-corrected chi connectivity index (χ3v) is 3.46. The van der Waals surface area contributed by atoms with Crippen molar-refractivity contribution in [3.63, 3.8) is 0 Å². The van der Waals surface area contributed by atoms with Gasteiger partial charge in [0.25, 0.3) is 0 Å². The number of piperidine rings is 1. The van der Waals surface area contributed by atoms with Gasteiger partial charge in [-0.15, -0.1) is 0 Å². The minimum Gasteiger partial charge on any atom is -0.378 e. The lowest BCUT2D eigenvalue weighted by atomic mass is 10.0. The van der Waals surface area contributed by atoms with E-state index in [1.54, 1.807) is 0 Å². The van der Waals surface area contributed by atoms with Gasteiger partial charge >= 0.3 is 0 Å². The molecule has 1 unspecified atom stereocenters. The molecule has 1 saturated heterocycles. The van der Waals surface area contributed by atoms with Crippen LogP contribution in [0.4, 0.5) is 0 Å². The lowest BCUT2D eigenvalue weighted by Crippen LogP contribution is -2.47. The SMILES string of the molecule is CCCC(CNC)N1CCC(OCC)CC1. The minimum absolute atomic E-state index is 0.512. The average Bonchev–Trinajstić information content (AvgIpc) is 2.30. The number of nitrogens with zero attached hydrogens (tertiary/aromatic N) is 1. The van der Waals surface area contributed by atoms with Crippen LogP contribution in [0, 0.1) is 0 Å². The first-order chi connectivity index (χ1) is 7.81. The van der Waals surface area contributed by atoms with Crippen molar-refractivity contribution in [2.45, 2.75) is 51.7 Å². The van der Waals surface area contributed by atoms with Crippen LogP contribution in [0.1, 0.15) is 39.5 Å². The van der Waals surface area contributed by atoms with E-state index in [0.717, 1.165) is 19.2 Å². The van der Waals surface area contributed by atoms with E-state index in [1.807, 2.05) is 0 Å². The van der Waals surface area contributed by atoms with Crippen molar-refractivity contribution in [2.24, 2.45) is 0 Å². The van der Waals surface area contributed by atoms with Crippen molar-refractivity contribution in [1.82, 2.24) is 10.2 Å². The van der Waals surface area contributed by atoms with Crippen LogP contribution in [0.25, 0.3) is 0 Å². The Morgan fingerprint density at radius 1 is 1.31 bits per heavy atom. The van der Waals surface area contributed by atoms with Crippen LogP contribution in [0.5, 0.6) is 0 Å². The van der Waals surface area contributed by atoms with Gasteiger partial charge in [-0.1, -0.05) is 13.3 Å². The zero-order valence-corrected chi connectivity index (χ0v) is 11.2. The first-order valence-corrected chi connectivity index (χ1v) is 6.82. The Bertz CT molecular complexity index is 161. The number of hydrogen-bond acceptors (Lipinski definition) is 3. The van der Waals surface area contributed by atoms with E-state index < -0.39 is 0 Å². The Balaban J connectivity index is 2.31. The molecule has 0 amide bonds. The lowest BCUT2D eigenvalue weighted by molar-refractivity contribution is 0.00319. The highest BCUT2D eigenvalue weighted by Gasteiger charge is 2.24. The van der Waals surface area contributed by atoms with Crippen molar-refractivity contribution >= 4 is 0 Å². The molecule has 1 atom stereocenters. The molecule has 16 heavy (non-hydrogen) atoms. The molecule has 0 radical (unpaired) electrons. The van der Waals surface area contributed by atoms with E-state index in [-0.39, 0.29) is 0 Å². The standard InChI is InChI=1S/C13H28N2O/c1-4-6-12(11-14-3)15-9-7-13(8-10-15)16-5-2/h12-14H,4-11H2,1-3H3. The van der Waals surface area contributed by atoms with E-state index in [4.69, 9.17) is 4.74 Å². The average molecular weight is 228 g/mol. The topological polar surface area (TPSA) is 24.5 Å². The maximum absolute atomic E-state index is 5.69. The highest BCUT2D eigenvalue weighted by Crippen LogP contribution is 2.17. The molecule has 3 nitrogen and oxygen atoms in total. The second kappa shape index (κ2) is 8.04. The fourth-order valence-electron chi connectivity index (χ4n) is 2.63. The second-order valence-electron chi connectivity index (χ2n) is 4.69. The van der Waals surface area contributed by atoms with E-state index in [9.17, 15) is 0 Å². The maximum Gasteiger partial charge on any atom is 0.0599 e. The van der Waals surface area contributed by atoms with Gasteiger partial charge in [0.05, 0.1) is 6.10 Å². The molecule has 1 heterocycles. The predicted molar refractivity (Wildman–Crippen MR) is 68.8 cm³/mol. The smallest absolute Gasteiger partial charge is 0.0599 e. The lowest BCUT2D eigenvalue weighted by Gasteiger charge is -2.37. The number of likely N-dealkylation sites (tertiary alicyclic amines) is 1. The van der Waals surface area contributed by atoms with Crippen LogP contribution in [0.3, 0.4) is 0 Å². The van der Waals surface area contributed by atoms with Gasteiger partial charge in [-0.2, -0.15) is 0 Å². The molecule has 0 saturated carbocycles. The number of hydrogen-bond donors (Lipinski definition) is 1. The van der Waals surface area contributed by atoms with E-state index in [0.29, 0.717) is 6.10 Å². The molecule has 1 aliphatic heterocycles. The monoisotopic (exact) mass is 228 g/mol. The van der Waals surface area contributed by atoms with Crippen molar-refractivity contribution in [2.75, 3.05) is 33.3 Å². The highest BCUT2D eigenvalue weighted by atomic mass is 16.5. The first kappa shape index (κ1) is 13.9. The Morgan fingerprint density at radius 3 is 2.50 bits per heavy atom. The summed E-state index contributed by atoms with van der Waals surface area (Å²) in [5, 5.41) is 3.31. The summed E-state index contributed by atoms with van der Waals surface area (Å²) in [6, 6.07) is 0.720. The van der Waals surface area contributed by atoms with Gasteiger partial charge in [0.2, 0.25) is 0 Å². The summed E-state index contributed by atoms with van der Waals surface area (Å²) in [7, 11) is 2.05. The maximum atomic E-state index is 5.69. The Kier molecular flexibility index (Phi) is 7.01. The van der Waals surface area contributed by atoms with Gasteiger partial charge < -0.3 is 10.1 Å². The van der Waals surface area contributed by atoms with Crippen molar-refractivity contribution < 1.29 is 4.74 Å². The van der Waals surface area contributed by atoms with Gasteiger partial charge in [-0.05, 0) is 33.2 Å². The summed E-state index contributed by atoms with van der Waals surface area (Å²) >= 11 is 0. The first-order valence-electron chi connectivity index (χ1n) is 6.82. The number of nitrogens with one attached hydrogen (secondary N) is 1. The second-order valence-corrected chi connectivity index (χ2v) is 4.69. The summed E-state index contributed by atoms with van der Waals surface area (Å²) in [6.07, 6.45) is 5.51. The molecule has 0 spiro atoms. The third-order valence-electron chi connectivity index (χ3n) is 3.46. The van der Waals surface area contributed by atoms with Gasteiger partial charge in [0, 0.05) is 32.3 Å². The molecule has 96 valence electrons. The molecule has 1 N–H and O–H groups in total. The number of ether oxygens (including phenoxy) is 1. The zero-order chi connectivity index (χ0) is 11.8. The Hall–Kier alpha value is -0.120. The molecular weight excluding hydrogens is 200 g/mol. The fourth-order valence-corrected chi connectivity index (χ4v) is 2.63. The van der Waals surface area contributed by atoms with E-state index in [1.165, 1.54) is 38.8 Å². The highest BCUT2D eigenvalue weighted by molar-refractivity contribution is 4.79. The molecule has 3 heteroatoms. The molecule has 1 fully saturated rings. The summed E-state index contributed by atoms with van der Waals surface area (Å²) in [5.74, 6) is 0. The van der Waals surface area contributed by atoms with E-state index >= 15 is 0 Å². The molecule has 0 bridgehead atoms. The van der Waals surface area contributed by atoms with E-state index in [2.05, 4.69) is 31.1 Å². The van der Waals surface area contributed by atoms with Crippen LogP contribution in [0.2, 0.25) is 0 Å². The largest absolute Gasteiger partial charge is 0.378 e. The normalized spacial score (nSPS) is 21.2. The zero-order valence-electron chi connectivity index (χ0n) is 11.2. The minimum atomic E-state index is 0.512. The number of likely N-dealkylation sites (N-methyl/N-ethyl adjacent to an activating group) is 1. The Labute approximate surface area is 101 Å². The predicted octanol–water partition coefficient (Wildman–Crippen LogP) is 1.88. The van der Waals surface area contributed by atoms with Crippen LogP contribution in [0.15, 0.2) is 0 Å². The quantitative estimate of drug-likeness (QED) is 0.720. The fraction of sp³-hybridized carbons (Fsp3) is 1.00. The molecule has 0 aromatic heterocycles. The van der Waals surface area contributed by atoms with Crippen LogP contribution >= 0.6 is 0 Å². The Morgan fingerprint density at radius 2 is 2.00 bits per heavy atom. The molecular formula is C13H28N2O. The van der Waals surface area contributed by atoms with Gasteiger partial charge in [-0.25, -0.2) is 0 Å². The van der Waals surface area contributed by atoms with Crippen molar-refractivity contribution in [3.8, 4) is 0 Å². The van der Waals surface area contributed by atoms with Crippen LogP contribution < -0.4 is 5.32 Å². The van der Waals surface area contributed by atoms with Gasteiger partial charge in [-0.3, -0.25) is 4.90 Å². The summed E-state index contributed by atoms with van der Waals surface area (Å²) in [5.41, 5.74) is 0. The van der Waals surface area contributed by atoms with Crippen molar-refractivity contribution in [3.05, 3.63) is 0 Å². The molecule has 0 aromatic carbocycles. The van der Waals surface area contributed by atoms with Gasteiger partial charge in [0.1, 0.15) is 0 Å². The number of rotatable bonds is 7. The van der Waals surface area contributed by atoms with Crippen molar-refractivity contribution in [1.29, 1.82) is 0 Å². The molecule has 1 aliphatic rings. The molecule has 0 aromatic rings.